The summed E-state index contributed by atoms with van der Waals surface area (Å²) in [6.07, 6.45) is 2.24. The van der Waals surface area contributed by atoms with Crippen LogP contribution >= 0.6 is 11.8 Å². The van der Waals surface area contributed by atoms with E-state index in [0.29, 0.717) is 5.92 Å². The third kappa shape index (κ3) is 8.95. The summed E-state index contributed by atoms with van der Waals surface area (Å²) in [4.78, 5) is 19.6. The number of carbonyl (C=O) groups excluding carboxylic acids is 1. The Hall–Kier alpha value is -1.85. The third-order valence-electron chi connectivity index (χ3n) is 6.60. The van der Waals surface area contributed by atoms with Crippen molar-refractivity contribution in [2.24, 2.45) is 11.7 Å². The summed E-state index contributed by atoms with van der Waals surface area (Å²) in [6, 6.07) is 2.86. The Morgan fingerprint density at radius 2 is 1.94 bits per heavy atom. The standard InChI is InChI=1S/C24H34F4N4O2S/c25-21(26)14-34-15-35-20-9-13-32(12-8-19(20)29)11-7-16-3-5-17(6-4-16)31-24(33)18-2-1-10-30-22(18)23(27)28/h1-2,10,16-17,21,23H,3-9,11-15,29H2,(H,31,33)/t16-,17-. The van der Waals surface area contributed by atoms with Crippen LogP contribution in [0.5, 0.6) is 0 Å². The molecule has 0 bridgehead atoms. The molecule has 0 saturated heterocycles. The van der Waals surface area contributed by atoms with Gasteiger partial charge in [-0.25, -0.2) is 17.6 Å². The third-order valence-corrected chi connectivity index (χ3v) is 7.70. The number of thioether (sulfide) groups is 1. The van der Waals surface area contributed by atoms with Crippen LogP contribution < -0.4 is 11.1 Å². The molecule has 2 aliphatic rings. The molecular formula is C24H34F4N4O2S. The van der Waals surface area contributed by atoms with Gasteiger partial charge in [-0.1, -0.05) is 0 Å². The summed E-state index contributed by atoms with van der Waals surface area (Å²) >= 11 is 1.41. The van der Waals surface area contributed by atoms with Gasteiger partial charge in [0.15, 0.2) is 0 Å². The average Bonchev–Trinajstić information content (AvgIpc) is 3.02. The van der Waals surface area contributed by atoms with E-state index in [2.05, 4.69) is 15.2 Å². The van der Waals surface area contributed by atoms with E-state index in [9.17, 15) is 22.4 Å². The lowest BCUT2D eigenvalue weighted by Gasteiger charge is -2.31. The second-order valence-electron chi connectivity index (χ2n) is 9.03. The zero-order valence-electron chi connectivity index (χ0n) is 19.7. The number of nitrogens with two attached hydrogens (primary N) is 1. The van der Waals surface area contributed by atoms with E-state index in [1.807, 2.05) is 0 Å². The van der Waals surface area contributed by atoms with E-state index in [4.69, 9.17) is 10.5 Å². The summed E-state index contributed by atoms with van der Waals surface area (Å²) in [6.45, 7) is 2.15. The van der Waals surface area contributed by atoms with Crippen LogP contribution in [0, 0.1) is 5.92 Å². The Bertz CT molecular complexity index is 851. The summed E-state index contributed by atoms with van der Waals surface area (Å²) in [5.41, 5.74) is 6.47. The molecule has 1 aromatic rings. The quantitative estimate of drug-likeness (QED) is 0.246. The summed E-state index contributed by atoms with van der Waals surface area (Å²) in [5.74, 6) is 0.257. The molecule has 3 rings (SSSR count). The first kappa shape index (κ1) is 27.7. The Morgan fingerprint density at radius 1 is 1.20 bits per heavy atom. The number of hydrogen-bond acceptors (Lipinski definition) is 6. The van der Waals surface area contributed by atoms with Crippen LogP contribution in [-0.2, 0) is 4.74 Å². The molecule has 11 heteroatoms. The number of ether oxygens (including phenoxy) is 1. The number of nitrogens with zero attached hydrogens (tertiary/aromatic N) is 2. The lowest BCUT2D eigenvalue weighted by atomic mass is 9.84. The van der Waals surface area contributed by atoms with Crippen LogP contribution in [0.25, 0.3) is 0 Å². The lowest BCUT2D eigenvalue weighted by Crippen LogP contribution is -2.38. The average molecular weight is 519 g/mol. The molecule has 0 aromatic carbocycles. The number of nitrogens with one attached hydrogen (secondary N) is 1. The maximum atomic E-state index is 13.1. The van der Waals surface area contributed by atoms with Gasteiger partial charge in [0.2, 0.25) is 0 Å². The number of aromatic nitrogens is 1. The molecule has 1 fully saturated rings. The predicted molar refractivity (Wildman–Crippen MR) is 128 cm³/mol. The number of carbonyl (C=O) groups is 1. The van der Waals surface area contributed by atoms with Crippen molar-refractivity contribution >= 4 is 17.7 Å². The van der Waals surface area contributed by atoms with E-state index in [1.165, 1.54) is 30.1 Å². The van der Waals surface area contributed by atoms with Crippen LogP contribution in [0.4, 0.5) is 17.6 Å². The monoisotopic (exact) mass is 518 g/mol. The molecule has 1 saturated carbocycles. The van der Waals surface area contributed by atoms with Crippen molar-refractivity contribution in [1.29, 1.82) is 0 Å². The van der Waals surface area contributed by atoms with Gasteiger partial charge in [-0.05, 0) is 63.1 Å². The van der Waals surface area contributed by atoms with Crippen LogP contribution in [0.3, 0.4) is 0 Å². The van der Waals surface area contributed by atoms with Crippen molar-refractivity contribution in [2.45, 2.75) is 63.8 Å². The second kappa shape index (κ2) is 14.0. The number of halogens is 4. The minimum atomic E-state index is -2.79. The molecule has 1 aromatic heterocycles. The predicted octanol–water partition coefficient (Wildman–Crippen LogP) is 4.94. The summed E-state index contributed by atoms with van der Waals surface area (Å²) in [5, 5.41) is 2.91. The molecule has 3 N–H and O–H groups in total. The van der Waals surface area contributed by atoms with Crippen LogP contribution in [0.1, 0.15) is 67.4 Å². The topological polar surface area (TPSA) is 80.5 Å². The first-order chi connectivity index (χ1) is 16.8. The van der Waals surface area contributed by atoms with Gasteiger partial charge in [0, 0.05) is 42.4 Å². The number of pyridine rings is 1. The number of alkyl halides is 4. The van der Waals surface area contributed by atoms with Gasteiger partial charge in [0.1, 0.15) is 12.3 Å². The summed E-state index contributed by atoms with van der Waals surface area (Å²) < 4.78 is 55.6. The van der Waals surface area contributed by atoms with Crippen molar-refractivity contribution in [3.63, 3.8) is 0 Å². The largest absolute Gasteiger partial charge is 0.401 e. The molecule has 0 spiro atoms. The molecule has 35 heavy (non-hydrogen) atoms. The van der Waals surface area contributed by atoms with Crippen molar-refractivity contribution < 1.29 is 27.1 Å². The van der Waals surface area contributed by atoms with Gasteiger partial charge in [-0.3, -0.25) is 9.78 Å². The SMILES string of the molecule is NC1=C(SCOCC(F)F)CCN(CC[C@H]2CC[C@H](NC(=O)c3cccnc3C(F)F)CC2)CC1. The highest BCUT2D eigenvalue weighted by Gasteiger charge is 2.26. The number of amides is 1. The molecule has 1 amide bonds. The molecule has 196 valence electrons. The van der Waals surface area contributed by atoms with Crippen molar-refractivity contribution in [3.05, 3.63) is 40.2 Å². The Labute approximate surface area is 208 Å². The maximum Gasteiger partial charge on any atom is 0.281 e. The van der Waals surface area contributed by atoms with Gasteiger partial charge in [0.05, 0.1) is 11.5 Å². The highest BCUT2D eigenvalue weighted by molar-refractivity contribution is 8.02. The van der Waals surface area contributed by atoms with E-state index in [-0.39, 0.29) is 17.5 Å². The Kier molecular flexibility index (Phi) is 11.1. The molecule has 0 unspecified atom stereocenters. The van der Waals surface area contributed by atoms with Crippen molar-refractivity contribution in [3.8, 4) is 0 Å². The fraction of sp³-hybridized carbons (Fsp3) is 0.667. The van der Waals surface area contributed by atoms with Gasteiger partial charge in [-0.15, -0.1) is 11.8 Å². The summed E-state index contributed by atoms with van der Waals surface area (Å²) in [7, 11) is 0. The zero-order valence-corrected chi connectivity index (χ0v) is 20.6. The van der Waals surface area contributed by atoms with Crippen LogP contribution in [0.2, 0.25) is 0 Å². The highest BCUT2D eigenvalue weighted by Crippen LogP contribution is 2.30. The molecule has 0 radical (unpaired) electrons. The van der Waals surface area contributed by atoms with Gasteiger partial charge in [0.25, 0.3) is 18.8 Å². The number of rotatable bonds is 11. The van der Waals surface area contributed by atoms with Crippen LogP contribution in [-0.4, -0.2) is 60.4 Å². The molecule has 1 aliphatic heterocycles. The zero-order chi connectivity index (χ0) is 25.2. The maximum absolute atomic E-state index is 13.1. The molecule has 2 heterocycles. The first-order valence-corrected chi connectivity index (χ1v) is 13.0. The van der Waals surface area contributed by atoms with Gasteiger partial charge in [-0.2, -0.15) is 0 Å². The van der Waals surface area contributed by atoms with Crippen molar-refractivity contribution in [2.75, 3.05) is 32.2 Å². The van der Waals surface area contributed by atoms with E-state index in [1.54, 1.807) is 0 Å². The fourth-order valence-electron chi connectivity index (χ4n) is 4.60. The molecule has 0 atom stereocenters. The molecule has 6 nitrogen and oxygen atoms in total. The number of hydrogen-bond donors (Lipinski definition) is 2. The lowest BCUT2D eigenvalue weighted by molar-refractivity contribution is 0.0366. The van der Waals surface area contributed by atoms with E-state index < -0.39 is 31.1 Å². The Balaban J connectivity index is 1.35. The van der Waals surface area contributed by atoms with Crippen molar-refractivity contribution in [1.82, 2.24) is 15.2 Å². The first-order valence-electron chi connectivity index (χ1n) is 12.1. The van der Waals surface area contributed by atoms with Gasteiger partial charge >= 0.3 is 0 Å². The molecule has 1 aliphatic carbocycles. The molecular weight excluding hydrogens is 484 g/mol. The minimum Gasteiger partial charge on any atom is -0.401 e. The van der Waals surface area contributed by atoms with Crippen LogP contribution in [0.15, 0.2) is 28.9 Å². The van der Waals surface area contributed by atoms with E-state index >= 15 is 0 Å². The minimum absolute atomic E-state index is 0.0152. The smallest absolute Gasteiger partial charge is 0.281 e. The van der Waals surface area contributed by atoms with Gasteiger partial charge < -0.3 is 20.7 Å². The fourth-order valence-corrected chi connectivity index (χ4v) is 5.44. The Morgan fingerprint density at radius 3 is 2.66 bits per heavy atom. The van der Waals surface area contributed by atoms with E-state index in [0.717, 1.165) is 75.2 Å². The highest BCUT2D eigenvalue weighted by atomic mass is 32.2. The normalized spacial score (nSPS) is 22.0. The second-order valence-corrected chi connectivity index (χ2v) is 10.0.